The number of oxazole rings is 1. The molecule has 1 aliphatic rings. The molecule has 1 unspecified atom stereocenters. The van der Waals surface area contributed by atoms with E-state index in [2.05, 4.69) is 38.6 Å². The van der Waals surface area contributed by atoms with E-state index in [0.717, 1.165) is 42.2 Å². The Labute approximate surface area is 140 Å². The fourth-order valence-corrected chi connectivity index (χ4v) is 2.66. The molecular formula is C16H21N5OS. The van der Waals surface area contributed by atoms with Crippen molar-refractivity contribution in [2.24, 2.45) is 0 Å². The van der Waals surface area contributed by atoms with E-state index in [0.29, 0.717) is 12.0 Å². The van der Waals surface area contributed by atoms with Gasteiger partial charge in [0.1, 0.15) is 11.5 Å². The third kappa shape index (κ3) is 4.25. The number of anilines is 2. The molecule has 6 nitrogen and oxygen atoms in total. The summed E-state index contributed by atoms with van der Waals surface area (Å²) in [5.74, 6) is 1.63. The number of hydrogen-bond donors (Lipinski definition) is 2. The molecule has 0 saturated carbocycles. The second-order valence-corrected chi connectivity index (χ2v) is 6.36. The smallest absolute Gasteiger partial charge is 0.295 e. The molecule has 0 spiro atoms. The SMILES string of the molecule is CSc1cnc(NCCC(C)Nc2nc3c(o2)CCC=C3)nc1. The van der Waals surface area contributed by atoms with Gasteiger partial charge >= 0.3 is 0 Å². The number of nitrogens with zero attached hydrogens (tertiary/aromatic N) is 3. The first kappa shape index (κ1) is 15.9. The van der Waals surface area contributed by atoms with E-state index >= 15 is 0 Å². The zero-order chi connectivity index (χ0) is 16.1. The summed E-state index contributed by atoms with van der Waals surface area (Å²) in [5.41, 5.74) is 0.950. The second-order valence-electron chi connectivity index (χ2n) is 5.48. The predicted molar refractivity (Wildman–Crippen MR) is 93.9 cm³/mol. The maximum absolute atomic E-state index is 5.75. The maximum Gasteiger partial charge on any atom is 0.295 e. The van der Waals surface area contributed by atoms with Crippen LogP contribution in [-0.2, 0) is 6.42 Å². The predicted octanol–water partition coefficient (Wildman–Crippen LogP) is 3.45. The van der Waals surface area contributed by atoms with Crippen molar-refractivity contribution < 1.29 is 4.42 Å². The van der Waals surface area contributed by atoms with E-state index < -0.39 is 0 Å². The van der Waals surface area contributed by atoms with Gasteiger partial charge in [0.05, 0.1) is 0 Å². The molecule has 7 heteroatoms. The minimum absolute atomic E-state index is 0.247. The van der Waals surface area contributed by atoms with Gasteiger partial charge in [-0.25, -0.2) is 9.97 Å². The van der Waals surface area contributed by atoms with E-state index in [-0.39, 0.29) is 6.04 Å². The lowest BCUT2D eigenvalue weighted by atomic mass is 10.1. The zero-order valence-corrected chi connectivity index (χ0v) is 14.2. The molecule has 2 heterocycles. The molecule has 0 saturated heterocycles. The molecule has 0 bridgehead atoms. The topological polar surface area (TPSA) is 75.9 Å². The number of allylic oxidation sites excluding steroid dienone is 1. The van der Waals surface area contributed by atoms with Crippen LogP contribution in [-0.4, -0.2) is 33.8 Å². The van der Waals surface area contributed by atoms with Crippen LogP contribution in [0.4, 0.5) is 12.0 Å². The standard InChI is InChI=1S/C16H21N5OS/c1-11(7-8-17-15-18-9-12(23-2)10-19-15)20-16-21-13-5-3-4-6-14(13)22-16/h3,5,9-11H,4,6-8H2,1-2H3,(H,20,21)(H,17,18,19). The van der Waals surface area contributed by atoms with Crippen LogP contribution in [0.1, 0.15) is 31.2 Å². The van der Waals surface area contributed by atoms with Gasteiger partial charge in [0, 0.05) is 36.3 Å². The minimum Gasteiger partial charge on any atom is -0.428 e. The van der Waals surface area contributed by atoms with Crippen LogP contribution in [0.2, 0.25) is 0 Å². The van der Waals surface area contributed by atoms with Crippen LogP contribution in [0.3, 0.4) is 0 Å². The lowest BCUT2D eigenvalue weighted by Gasteiger charge is -2.12. The van der Waals surface area contributed by atoms with Crippen molar-refractivity contribution in [1.82, 2.24) is 15.0 Å². The highest BCUT2D eigenvalue weighted by molar-refractivity contribution is 7.98. The molecule has 0 aromatic carbocycles. The maximum atomic E-state index is 5.75. The van der Waals surface area contributed by atoms with Crippen molar-refractivity contribution in [3.8, 4) is 0 Å². The molecular weight excluding hydrogens is 310 g/mol. The summed E-state index contributed by atoms with van der Waals surface area (Å²) in [4.78, 5) is 14.1. The van der Waals surface area contributed by atoms with Crippen LogP contribution >= 0.6 is 11.8 Å². The lowest BCUT2D eigenvalue weighted by molar-refractivity contribution is 0.507. The van der Waals surface area contributed by atoms with E-state index in [9.17, 15) is 0 Å². The molecule has 2 aromatic rings. The Morgan fingerprint density at radius 2 is 2.17 bits per heavy atom. The Hall–Kier alpha value is -2.02. The number of hydrogen-bond acceptors (Lipinski definition) is 7. The summed E-state index contributed by atoms with van der Waals surface area (Å²) in [6.07, 6.45) is 12.7. The van der Waals surface area contributed by atoms with Crippen molar-refractivity contribution in [3.63, 3.8) is 0 Å². The molecule has 23 heavy (non-hydrogen) atoms. The molecule has 3 rings (SSSR count). The Kier molecular flexibility index (Phi) is 5.17. The number of nitrogens with one attached hydrogen (secondary N) is 2. The molecule has 0 fully saturated rings. The molecule has 122 valence electrons. The summed E-state index contributed by atoms with van der Waals surface area (Å²) in [6, 6.07) is 0.853. The first-order valence-corrected chi connectivity index (χ1v) is 9.00. The Bertz CT molecular complexity index is 668. The van der Waals surface area contributed by atoms with Crippen LogP contribution < -0.4 is 10.6 Å². The van der Waals surface area contributed by atoms with Gasteiger partial charge in [0.25, 0.3) is 6.01 Å². The van der Waals surface area contributed by atoms with Gasteiger partial charge in [0.2, 0.25) is 5.95 Å². The molecule has 2 aromatic heterocycles. The van der Waals surface area contributed by atoms with Gasteiger partial charge in [0.15, 0.2) is 0 Å². The molecule has 0 aliphatic heterocycles. The van der Waals surface area contributed by atoms with Crippen molar-refractivity contribution >= 4 is 29.8 Å². The van der Waals surface area contributed by atoms with Crippen LogP contribution in [0.5, 0.6) is 0 Å². The normalized spacial score (nSPS) is 14.3. The van der Waals surface area contributed by atoms with E-state index in [1.165, 1.54) is 0 Å². The zero-order valence-electron chi connectivity index (χ0n) is 13.4. The third-order valence-corrected chi connectivity index (χ3v) is 4.32. The number of rotatable bonds is 7. The van der Waals surface area contributed by atoms with Crippen molar-refractivity contribution in [2.75, 3.05) is 23.4 Å². The molecule has 1 atom stereocenters. The number of aryl methyl sites for hydroxylation is 1. The van der Waals surface area contributed by atoms with E-state index in [1.807, 2.05) is 24.7 Å². The first-order valence-electron chi connectivity index (χ1n) is 7.77. The Morgan fingerprint density at radius 1 is 1.35 bits per heavy atom. The number of fused-ring (bicyclic) bond motifs is 1. The van der Waals surface area contributed by atoms with Crippen molar-refractivity contribution in [2.45, 2.75) is 37.1 Å². The molecule has 2 N–H and O–H groups in total. The average molecular weight is 331 g/mol. The van der Waals surface area contributed by atoms with Crippen molar-refractivity contribution in [3.05, 3.63) is 29.9 Å². The fraction of sp³-hybridized carbons (Fsp3) is 0.438. The summed E-state index contributed by atoms with van der Waals surface area (Å²) < 4.78 is 5.75. The van der Waals surface area contributed by atoms with Gasteiger partial charge in [-0.05, 0) is 32.1 Å². The fourth-order valence-electron chi connectivity index (χ4n) is 2.34. The molecule has 0 amide bonds. The van der Waals surface area contributed by atoms with Gasteiger partial charge in [-0.3, -0.25) is 0 Å². The monoisotopic (exact) mass is 331 g/mol. The third-order valence-electron chi connectivity index (χ3n) is 3.64. The van der Waals surface area contributed by atoms with Crippen LogP contribution in [0.15, 0.2) is 27.8 Å². The highest BCUT2D eigenvalue weighted by Crippen LogP contribution is 2.22. The minimum atomic E-state index is 0.247. The van der Waals surface area contributed by atoms with Crippen LogP contribution in [0, 0.1) is 0 Å². The van der Waals surface area contributed by atoms with Gasteiger partial charge in [-0.15, -0.1) is 11.8 Å². The summed E-state index contributed by atoms with van der Waals surface area (Å²) in [5, 5.41) is 6.54. The summed E-state index contributed by atoms with van der Waals surface area (Å²) in [7, 11) is 0. The van der Waals surface area contributed by atoms with Gasteiger partial charge in [-0.1, -0.05) is 6.08 Å². The van der Waals surface area contributed by atoms with Crippen LogP contribution in [0.25, 0.3) is 6.08 Å². The largest absolute Gasteiger partial charge is 0.428 e. The second kappa shape index (κ2) is 7.50. The summed E-state index contributed by atoms with van der Waals surface area (Å²) >= 11 is 1.63. The molecule has 0 radical (unpaired) electrons. The van der Waals surface area contributed by atoms with Gasteiger partial charge in [-0.2, -0.15) is 4.98 Å². The number of aromatic nitrogens is 3. The number of thioether (sulfide) groups is 1. The highest BCUT2D eigenvalue weighted by Gasteiger charge is 2.14. The Balaban J connectivity index is 1.45. The van der Waals surface area contributed by atoms with E-state index in [4.69, 9.17) is 4.42 Å². The summed E-state index contributed by atoms with van der Waals surface area (Å²) in [6.45, 7) is 2.89. The first-order chi connectivity index (χ1) is 11.2. The lowest BCUT2D eigenvalue weighted by Crippen LogP contribution is -2.20. The van der Waals surface area contributed by atoms with E-state index in [1.54, 1.807) is 11.8 Å². The quantitative estimate of drug-likeness (QED) is 0.753. The van der Waals surface area contributed by atoms with Gasteiger partial charge < -0.3 is 15.1 Å². The Morgan fingerprint density at radius 3 is 2.91 bits per heavy atom. The van der Waals surface area contributed by atoms with Crippen molar-refractivity contribution in [1.29, 1.82) is 0 Å². The highest BCUT2D eigenvalue weighted by atomic mass is 32.2. The molecule has 1 aliphatic carbocycles. The average Bonchev–Trinajstić information content (AvgIpc) is 2.97.